The molecule has 0 aliphatic rings. The Morgan fingerprint density at radius 2 is 1.30 bits per heavy atom. The van der Waals surface area contributed by atoms with Gasteiger partial charge >= 0.3 is 0 Å². The first-order valence-corrected chi connectivity index (χ1v) is 10.3. The number of azo groups is 1. The van der Waals surface area contributed by atoms with Crippen molar-refractivity contribution in [2.24, 2.45) is 10.2 Å². The van der Waals surface area contributed by atoms with Crippen molar-refractivity contribution < 1.29 is 9.47 Å². The largest absolute Gasteiger partial charge is 0.488 e. The Kier molecular flexibility index (Phi) is 7.61. The molecular weight excluding hydrogens is 374 g/mol. The zero-order chi connectivity index (χ0) is 22.3. The van der Waals surface area contributed by atoms with E-state index in [2.05, 4.69) is 16.3 Å². The summed E-state index contributed by atoms with van der Waals surface area (Å²) in [5, 5.41) is 18.6. The Hall–Kier alpha value is -2.87. The van der Waals surface area contributed by atoms with Crippen LogP contribution in [0.2, 0.25) is 0 Å². The van der Waals surface area contributed by atoms with Gasteiger partial charge in [0.25, 0.3) is 0 Å². The molecule has 2 atom stereocenters. The van der Waals surface area contributed by atoms with Crippen LogP contribution in [0.25, 0.3) is 0 Å². The van der Waals surface area contributed by atoms with E-state index in [1.54, 1.807) is 6.92 Å². The first kappa shape index (κ1) is 23.4. The van der Waals surface area contributed by atoms with Crippen molar-refractivity contribution in [2.75, 3.05) is 0 Å². The molecule has 0 fully saturated rings. The van der Waals surface area contributed by atoms with Crippen molar-refractivity contribution in [1.29, 1.82) is 5.26 Å². The molecule has 0 bridgehead atoms. The summed E-state index contributed by atoms with van der Waals surface area (Å²) in [6, 6.07) is 21.6. The van der Waals surface area contributed by atoms with Gasteiger partial charge in [0.15, 0.2) is 5.54 Å². The third kappa shape index (κ3) is 7.87. The van der Waals surface area contributed by atoms with Gasteiger partial charge in [0.2, 0.25) is 0 Å². The molecule has 2 rings (SSSR count). The van der Waals surface area contributed by atoms with Crippen molar-refractivity contribution in [1.82, 2.24) is 0 Å². The number of hydrogen-bond donors (Lipinski definition) is 0. The molecule has 160 valence electrons. The Balaban J connectivity index is 1.99. The maximum atomic E-state index is 9.77. The van der Waals surface area contributed by atoms with Gasteiger partial charge in [-0.05, 0) is 65.8 Å². The molecule has 0 radical (unpaired) electrons. The lowest BCUT2D eigenvalue weighted by molar-refractivity contribution is 0.0809. The highest BCUT2D eigenvalue weighted by atomic mass is 16.5. The van der Waals surface area contributed by atoms with Gasteiger partial charge in [-0.15, -0.1) is 0 Å². The fraction of sp³-hybridized carbons (Fsp3) is 0.480. The van der Waals surface area contributed by atoms with Gasteiger partial charge in [0.1, 0.15) is 22.7 Å². The molecular formula is C25H33N3O2. The summed E-state index contributed by atoms with van der Waals surface area (Å²) in [7, 11) is 0. The van der Waals surface area contributed by atoms with Crippen LogP contribution in [0.15, 0.2) is 70.9 Å². The van der Waals surface area contributed by atoms with Crippen LogP contribution in [0.3, 0.4) is 0 Å². The summed E-state index contributed by atoms with van der Waals surface area (Å²) in [5.74, 6) is 1.60. The molecule has 0 saturated heterocycles. The molecule has 0 spiro atoms. The van der Waals surface area contributed by atoms with E-state index in [9.17, 15) is 5.26 Å². The Morgan fingerprint density at radius 3 is 1.77 bits per heavy atom. The van der Waals surface area contributed by atoms with Crippen LogP contribution in [-0.4, -0.2) is 22.8 Å². The monoisotopic (exact) mass is 407 g/mol. The highest BCUT2D eigenvalue weighted by Gasteiger charge is 2.35. The maximum absolute atomic E-state index is 9.77. The first-order valence-electron chi connectivity index (χ1n) is 10.3. The summed E-state index contributed by atoms with van der Waals surface area (Å²) in [6.07, 6.45) is 1.10. The zero-order valence-corrected chi connectivity index (χ0v) is 18.9. The zero-order valence-electron chi connectivity index (χ0n) is 18.9. The van der Waals surface area contributed by atoms with Crippen LogP contribution in [0.1, 0.15) is 54.4 Å². The molecule has 0 amide bonds. The number of para-hydroxylation sites is 2. The number of hydrogen-bond acceptors (Lipinski definition) is 5. The van der Waals surface area contributed by atoms with Crippen LogP contribution in [-0.2, 0) is 0 Å². The fourth-order valence-electron chi connectivity index (χ4n) is 3.60. The van der Waals surface area contributed by atoms with E-state index in [1.807, 2.05) is 95.3 Å². The minimum Gasteiger partial charge on any atom is -0.488 e. The minimum atomic E-state index is -0.975. The number of ether oxygens (including phenoxy) is 2. The van der Waals surface area contributed by atoms with E-state index in [4.69, 9.17) is 9.47 Å². The Bertz CT molecular complexity index is 857. The van der Waals surface area contributed by atoms with Crippen LogP contribution in [0.5, 0.6) is 11.5 Å². The Labute approximate surface area is 180 Å². The molecule has 0 aliphatic heterocycles. The molecule has 5 nitrogen and oxygen atoms in total. The van der Waals surface area contributed by atoms with E-state index in [1.165, 1.54) is 0 Å². The second-order valence-electron chi connectivity index (χ2n) is 9.18. The topological polar surface area (TPSA) is 67.0 Å². The summed E-state index contributed by atoms with van der Waals surface area (Å²) in [6.45, 7) is 11.8. The van der Waals surface area contributed by atoms with E-state index < -0.39 is 16.7 Å². The van der Waals surface area contributed by atoms with Crippen molar-refractivity contribution in [3.05, 3.63) is 60.7 Å². The van der Waals surface area contributed by atoms with Crippen LogP contribution in [0, 0.1) is 11.3 Å². The summed E-state index contributed by atoms with van der Waals surface area (Å²) in [4.78, 5) is 0. The van der Waals surface area contributed by atoms with Gasteiger partial charge in [-0.2, -0.15) is 15.5 Å². The van der Waals surface area contributed by atoms with Gasteiger partial charge in [-0.1, -0.05) is 36.4 Å². The molecule has 0 aromatic heterocycles. The number of nitriles is 1. The van der Waals surface area contributed by atoms with Gasteiger partial charge in [-0.3, -0.25) is 0 Å². The number of nitrogens with zero attached hydrogens (tertiary/aromatic N) is 3. The summed E-state index contributed by atoms with van der Waals surface area (Å²) >= 11 is 0. The van der Waals surface area contributed by atoms with Gasteiger partial charge in [0.05, 0.1) is 12.1 Å². The smallest absolute Gasteiger partial charge is 0.168 e. The third-order valence-corrected chi connectivity index (χ3v) is 4.55. The third-order valence-electron chi connectivity index (χ3n) is 4.55. The SMILES string of the molecule is CC(CC(C)(C)Oc1ccccc1)N=NC(C)(C#N)CC(C)(C)Oc1ccccc1. The predicted octanol–water partition coefficient (Wildman–Crippen LogP) is 6.60. The average molecular weight is 408 g/mol. The lowest BCUT2D eigenvalue weighted by atomic mass is 9.89. The molecule has 0 N–H and O–H groups in total. The highest BCUT2D eigenvalue weighted by Crippen LogP contribution is 2.29. The van der Waals surface area contributed by atoms with Crippen molar-refractivity contribution >= 4 is 0 Å². The van der Waals surface area contributed by atoms with E-state index in [-0.39, 0.29) is 6.04 Å². The second kappa shape index (κ2) is 9.75. The molecule has 0 heterocycles. The van der Waals surface area contributed by atoms with Crippen LogP contribution >= 0.6 is 0 Å². The summed E-state index contributed by atoms with van der Waals surface area (Å²) in [5.41, 5.74) is -1.95. The van der Waals surface area contributed by atoms with E-state index >= 15 is 0 Å². The molecule has 5 heteroatoms. The highest BCUT2D eigenvalue weighted by molar-refractivity contribution is 5.23. The molecule has 2 aromatic carbocycles. The molecule has 2 aromatic rings. The number of rotatable bonds is 10. The molecule has 30 heavy (non-hydrogen) atoms. The van der Waals surface area contributed by atoms with Gasteiger partial charge in [-0.25, -0.2) is 0 Å². The molecule has 0 saturated carbocycles. The quantitative estimate of drug-likeness (QED) is 0.416. The fourth-order valence-corrected chi connectivity index (χ4v) is 3.60. The lowest BCUT2D eigenvalue weighted by Gasteiger charge is -2.31. The predicted molar refractivity (Wildman–Crippen MR) is 120 cm³/mol. The standard InChI is InChI=1S/C25H33N3O2/c1-20(17-23(2,3)29-21-13-9-7-10-14-21)27-28-25(6,19-26)18-24(4,5)30-22-15-11-8-12-16-22/h7-16,20H,17-18H2,1-6H3. The van der Waals surface area contributed by atoms with E-state index in [0.29, 0.717) is 12.8 Å². The molecule has 0 aliphatic carbocycles. The summed E-state index contributed by atoms with van der Waals surface area (Å²) < 4.78 is 12.2. The maximum Gasteiger partial charge on any atom is 0.168 e. The van der Waals surface area contributed by atoms with Gasteiger partial charge in [0, 0.05) is 12.8 Å². The minimum absolute atomic E-state index is 0.0884. The second-order valence-corrected chi connectivity index (χ2v) is 9.18. The van der Waals surface area contributed by atoms with Crippen molar-refractivity contribution in [2.45, 2.75) is 77.2 Å². The lowest BCUT2D eigenvalue weighted by Crippen LogP contribution is -2.38. The normalized spacial score (nSPS) is 15.2. The first-order chi connectivity index (χ1) is 14.0. The number of benzene rings is 2. The average Bonchev–Trinajstić information content (AvgIpc) is 2.66. The molecule has 2 unspecified atom stereocenters. The van der Waals surface area contributed by atoms with Gasteiger partial charge < -0.3 is 9.47 Å². The van der Waals surface area contributed by atoms with Crippen molar-refractivity contribution in [3.63, 3.8) is 0 Å². The van der Waals surface area contributed by atoms with Crippen molar-refractivity contribution in [3.8, 4) is 17.6 Å². The van der Waals surface area contributed by atoms with E-state index in [0.717, 1.165) is 11.5 Å². The van der Waals surface area contributed by atoms with Crippen LogP contribution in [0.4, 0.5) is 0 Å². The Morgan fingerprint density at radius 1 is 0.833 bits per heavy atom. The van der Waals surface area contributed by atoms with Crippen LogP contribution < -0.4 is 9.47 Å².